The number of allylic oxidation sites excluding steroid dienone is 2. The van der Waals surface area contributed by atoms with Crippen LogP contribution in [0, 0.1) is 0 Å². The van der Waals surface area contributed by atoms with Gasteiger partial charge in [0, 0.05) is 7.85 Å². The van der Waals surface area contributed by atoms with Crippen LogP contribution in [0.15, 0.2) is 85.5 Å². The summed E-state index contributed by atoms with van der Waals surface area (Å²) in [7, 11) is 4.26. The Labute approximate surface area is 200 Å². The van der Waals surface area contributed by atoms with Gasteiger partial charge in [0.05, 0.1) is 0 Å². The zero-order valence-corrected chi connectivity index (χ0v) is 20.2. The molecule has 0 unspecified atom stereocenters. The molecule has 0 saturated heterocycles. The van der Waals surface area contributed by atoms with Crippen LogP contribution in [0.1, 0.15) is 43.4 Å². The van der Waals surface area contributed by atoms with Crippen molar-refractivity contribution in [2.24, 2.45) is 0 Å². The van der Waals surface area contributed by atoms with Crippen LogP contribution in [0.5, 0.6) is 0 Å². The SMILES string of the molecule is C=Cc1ccc(-c2ccc(CCCCN(C)C)cc2)cc1.CC1=CC(=O)Cc2ccccc21.[HH]. The number of carbonyl (C=O) groups is 1. The van der Waals surface area contributed by atoms with Crippen LogP contribution in [0.2, 0.25) is 0 Å². The highest BCUT2D eigenvalue weighted by Crippen LogP contribution is 2.24. The second-order valence-corrected chi connectivity index (χ2v) is 8.91. The molecule has 4 rings (SSSR count). The third-order valence-corrected chi connectivity index (χ3v) is 5.94. The van der Waals surface area contributed by atoms with E-state index in [1.807, 2.05) is 31.2 Å². The molecule has 0 heterocycles. The molecule has 33 heavy (non-hydrogen) atoms. The highest BCUT2D eigenvalue weighted by molar-refractivity contribution is 6.01. The van der Waals surface area contributed by atoms with E-state index in [1.165, 1.54) is 48.1 Å². The molecule has 0 radical (unpaired) electrons. The Morgan fingerprint density at radius 3 is 2.18 bits per heavy atom. The van der Waals surface area contributed by atoms with E-state index in [9.17, 15) is 4.79 Å². The standard InChI is InChI=1S/C20H25N.C11H10O.H2/c1-4-17-8-12-19(13-9-17)20-14-10-18(11-15-20)7-5-6-16-21(2)3;1-8-6-10(12)7-9-4-2-3-5-11(8)9;/h4,8-15H,1,5-7,16H2,2-3H3;2-6H,7H2,1H3;1H. The molecule has 1 aliphatic rings. The first-order chi connectivity index (χ1) is 16.0. The summed E-state index contributed by atoms with van der Waals surface area (Å²) < 4.78 is 0. The maximum atomic E-state index is 11.2. The number of benzene rings is 3. The number of hydrogen-bond acceptors (Lipinski definition) is 2. The number of unbranched alkanes of at least 4 members (excludes halogenated alkanes) is 1. The molecule has 0 aliphatic heterocycles. The average Bonchev–Trinajstić information content (AvgIpc) is 2.82. The monoisotopic (exact) mass is 439 g/mol. The third-order valence-electron chi connectivity index (χ3n) is 5.94. The predicted molar refractivity (Wildman–Crippen MR) is 144 cm³/mol. The van der Waals surface area contributed by atoms with E-state index < -0.39 is 0 Å². The second kappa shape index (κ2) is 12.1. The van der Waals surface area contributed by atoms with Gasteiger partial charge in [-0.15, -0.1) is 0 Å². The van der Waals surface area contributed by atoms with Crippen molar-refractivity contribution < 1.29 is 6.22 Å². The lowest BCUT2D eigenvalue weighted by Crippen LogP contribution is -2.12. The van der Waals surface area contributed by atoms with Crippen molar-refractivity contribution >= 4 is 17.4 Å². The summed E-state index contributed by atoms with van der Waals surface area (Å²) in [6.07, 6.45) is 7.85. The molecule has 2 heteroatoms. The molecule has 3 aromatic rings. The van der Waals surface area contributed by atoms with Crippen LogP contribution < -0.4 is 0 Å². The highest BCUT2D eigenvalue weighted by Gasteiger charge is 2.12. The molecule has 0 bridgehead atoms. The summed E-state index contributed by atoms with van der Waals surface area (Å²) in [6.45, 7) is 6.94. The van der Waals surface area contributed by atoms with Gasteiger partial charge < -0.3 is 4.90 Å². The summed E-state index contributed by atoms with van der Waals surface area (Å²) in [6, 6.07) is 25.6. The lowest BCUT2D eigenvalue weighted by molar-refractivity contribution is -0.114. The maximum absolute atomic E-state index is 11.2. The van der Waals surface area contributed by atoms with E-state index in [-0.39, 0.29) is 7.21 Å². The molecule has 0 saturated carbocycles. The summed E-state index contributed by atoms with van der Waals surface area (Å²) in [4.78, 5) is 13.4. The van der Waals surface area contributed by atoms with Crippen LogP contribution in [-0.2, 0) is 17.6 Å². The van der Waals surface area contributed by atoms with Gasteiger partial charge in [0.2, 0.25) is 0 Å². The van der Waals surface area contributed by atoms with Gasteiger partial charge in [-0.2, -0.15) is 0 Å². The smallest absolute Gasteiger partial charge is 0.160 e. The fraction of sp³-hybridized carbons (Fsp3) is 0.258. The Hall–Kier alpha value is -3.23. The van der Waals surface area contributed by atoms with Gasteiger partial charge in [0.25, 0.3) is 0 Å². The van der Waals surface area contributed by atoms with Gasteiger partial charge in [-0.05, 0) is 91.9 Å². The number of aryl methyl sites for hydroxylation is 1. The number of fused-ring (bicyclic) bond motifs is 1. The van der Waals surface area contributed by atoms with E-state index in [0.29, 0.717) is 6.42 Å². The van der Waals surface area contributed by atoms with E-state index in [2.05, 4.69) is 80.2 Å². The van der Waals surface area contributed by atoms with Crippen LogP contribution in [0.25, 0.3) is 22.8 Å². The summed E-state index contributed by atoms with van der Waals surface area (Å²) in [5.41, 5.74) is 8.60. The molecule has 3 aromatic carbocycles. The molecule has 0 fully saturated rings. The van der Waals surface area contributed by atoms with Crippen molar-refractivity contribution in [3.8, 4) is 11.1 Å². The van der Waals surface area contributed by atoms with Crippen molar-refractivity contribution in [3.05, 3.63) is 108 Å². The minimum absolute atomic E-state index is 0. The molecule has 0 N–H and O–H groups in total. The molecule has 1 aliphatic carbocycles. The minimum atomic E-state index is 0. The van der Waals surface area contributed by atoms with E-state index in [4.69, 9.17) is 0 Å². The average molecular weight is 440 g/mol. The zero-order valence-electron chi connectivity index (χ0n) is 20.2. The fourth-order valence-corrected chi connectivity index (χ4v) is 4.05. The van der Waals surface area contributed by atoms with Crippen molar-refractivity contribution in [2.75, 3.05) is 20.6 Å². The first kappa shape index (κ1) is 24.4. The molecule has 172 valence electrons. The van der Waals surface area contributed by atoms with Gasteiger partial charge in [0.1, 0.15) is 0 Å². The van der Waals surface area contributed by atoms with Crippen molar-refractivity contribution in [1.82, 2.24) is 4.90 Å². The molecular formula is C31H37NO. The van der Waals surface area contributed by atoms with E-state index >= 15 is 0 Å². The predicted octanol–water partition coefficient (Wildman–Crippen LogP) is 7.34. The molecule has 2 nitrogen and oxygen atoms in total. The van der Waals surface area contributed by atoms with Gasteiger partial charge >= 0.3 is 0 Å². The van der Waals surface area contributed by atoms with Gasteiger partial charge in [-0.25, -0.2) is 0 Å². The number of carbonyl (C=O) groups excluding carboxylic acids is 1. The van der Waals surface area contributed by atoms with Gasteiger partial charge in [0.15, 0.2) is 5.78 Å². The Morgan fingerprint density at radius 1 is 0.909 bits per heavy atom. The molecule has 0 spiro atoms. The molecule has 0 atom stereocenters. The number of hydrogen-bond donors (Lipinski definition) is 0. The van der Waals surface area contributed by atoms with Gasteiger partial charge in [-0.1, -0.05) is 85.5 Å². The largest absolute Gasteiger partial charge is 0.309 e. The number of rotatable bonds is 7. The first-order valence-electron chi connectivity index (χ1n) is 11.7. The maximum Gasteiger partial charge on any atom is 0.160 e. The lowest BCUT2D eigenvalue weighted by atomic mass is 9.91. The normalized spacial score (nSPS) is 12.5. The molecule has 0 aromatic heterocycles. The molecular weight excluding hydrogens is 402 g/mol. The Bertz CT molecular complexity index is 1100. The number of nitrogens with zero attached hydrogens (tertiary/aromatic N) is 1. The summed E-state index contributed by atoms with van der Waals surface area (Å²) in [5.74, 6) is 0.214. The van der Waals surface area contributed by atoms with Crippen molar-refractivity contribution in [3.63, 3.8) is 0 Å². The molecule has 0 amide bonds. The summed E-state index contributed by atoms with van der Waals surface area (Å²) >= 11 is 0. The Kier molecular flexibility index (Phi) is 8.97. The third kappa shape index (κ3) is 7.40. The van der Waals surface area contributed by atoms with Crippen molar-refractivity contribution in [1.29, 1.82) is 0 Å². The van der Waals surface area contributed by atoms with E-state index in [1.54, 1.807) is 6.08 Å². The van der Waals surface area contributed by atoms with E-state index in [0.717, 1.165) is 16.7 Å². The lowest BCUT2D eigenvalue weighted by Gasteiger charge is -2.12. The first-order valence-corrected chi connectivity index (χ1v) is 11.7. The fourth-order valence-electron chi connectivity index (χ4n) is 4.05. The quantitative estimate of drug-likeness (QED) is 0.359. The zero-order chi connectivity index (χ0) is 23.6. The Morgan fingerprint density at radius 2 is 1.55 bits per heavy atom. The Balaban J connectivity index is 0.000000266. The highest BCUT2D eigenvalue weighted by atomic mass is 16.1. The van der Waals surface area contributed by atoms with Crippen LogP contribution in [0.3, 0.4) is 0 Å². The summed E-state index contributed by atoms with van der Waals surface area (Å²) in [5, 5.41) is 0. The minimum Gasteiger partial charge on any atom is -0.309 e. The topological polar surface area (TPSA) is 20.3 Å². The second-order valence-electron chi connectivity index (χ2n) is 8.91. The van der Waals surface area contributed by atoms with Crippen LogP contribution in [-0.4, -0.2) is 31.3 Å². The van der Waals surface area contributed by atoms with Gasteiger partial charge in [-0.3, -0.25) is 4.79 Å². The number of ketones is 1. The van der Waals surface area contributed by atoms with Crippen molar-refractivity contribution in [2.45, 2.75) is 32.6 Å². The van der Waals surface area contributed by atoms with Crippen LogP contribution >= 0.6 is 0 Å². The van der Waals surface area contributed by atoms with Crippen LogP contribution in [0.4, 0.5) is 0 Å².